The molecule has 0 aromatic heterocycles. The Morgan fingerprint density at radius 2 is 1.89 bits per heavy atom. The van der Waals surface area contributed by atoms with Gasteiger partial charge in [0, 0.05) is 13.1 Å². The molecule has 18 heavy (non-hydrogen) atoms. The highest BCUT2D eigenvalue weighted by molar-refractivity contribution is 7.88. The summed E-state index contributed by atoms with van der Waals surface area (Å²) in [4.78, 5) is 0. The van der Waals surface area contributed by atoms with Crippen LogP contribution in [0.4, 0.5) is 0 Å². The Morgan fingerprint density at radius 3 is 2.44 bits per heavy atom. The monoisotopic (exact) mass is 267 g/mol. The lowest BCUT2D eigenvalue weighted by Crippen LogP contribution is -2.34. The van der Waals surface area contributed by atoms with Crippen molar-refractivity contribution in [3.8, 4) is 0 Å². The number of hydrogen-bond donors (Lipinski definition) is 0. The van der Waals surface area contributed by atoms with Crippen LogP contribution in [0.2, 0.25) is 0 Å². The zero-order valence-corrected chi connectivity index (χ0v) is 11.7. The van der Waals surface area contributed by atoms with E-state index in [0.29, 0.717) is 19.0 Å². The molecule has 0 saturated heterocycles. The smallest absolute Gasteiger partial charge is 0.212 e. The van der Waals surface area contributed by atoms with Gasteiger partial charge in [0.15, 0.2) is 0 Å². The lowest BCUT2D eigenvalue weighted by atomic mass is 10.2. The second-order valence-electron chi connectivity index (χ2n) is 5.04. The maximum absolute atomic E-state index is 12.4. The van der Waals surface area contributed by atoms with E-state index in [-0.39, 0.29) is 5.75 Å². The van der Waals surface area contributed by atoms with Crippen LogP contribution in [0.3, 0.4) is 0 Å². The largest absolute Gasteiger partial charge is 0.218 e. The van der Waals surface area contributed by atoms with E-state index >= 15 is 0 Å². The van der Waals surface area contributed by atoms with Gasteiger partial charge in [-0.25, -0.2) is 12.7 Å². The van der Waals surface area contributed by atoms with E-state index in [4.69, 9.17) is 0 Å². The van der Waals surface area contributed by atoms with Crippen molar-refractivity contribution in [2.45, 2.75) is 31.9 Å². The predicted octanol–water partition coefficient (Wildman–Crippen LogP) is 2.64. The quantitative estimate of drug-likeness (QED) is 0.761. The topological polar surface area (TPSA) is 37.4 Å². The molecule has 2 rings (SSSR count). The Labute approximate surface area is 110 Å². The summed E-state index contributed by atoms with van der Waals surface area (Å²) in [5.41, 5.74) is 0.870. The fraction of sp³-hybridized carbons (Fsp3) is 0.571. The molecule has 0 spiro atoms. The van der Waals surface area contributed by atoms with Gasteiger partial charge in [0.25, 0.3) is 0 Å². The normalized spacial score (nSPS) is 16.1. The number of benzene rings is 1. The van der Waals surface area contributed by atoms with Gasteiger partial charge < -0.3 is 0 Å². The molecule has 0 radical (unpaired) electrons. The molecule has 0 N–H and O–H groups in total. The van der Waals surface area contributed by atoms with Gasteiger partial charge in [0.2, 0.25) is 10.0 Å². The zero-order chi connectivity index (χ0) is 13.0. The Kier molecular flexibility index (Phi) is 4.40. The molecule has 0 aliphatic heterocycles. The summed E-state index contributed by atoms with van der Waals surface area (Å²) in [5, 5.41) is 0. The molecule has 3 nitrogen and oxygen atoms in total. The molecule has 1 aliphatic rings. The summed E-state index contributed by atoms with van der Waals surface area (Å²) in [6.45, 7) is 3.38. The molecule has 0 atom stereocenters. The van der Waals surface area contributed by atoms with Crippen LogP contribution in [-0.2, 0) is 15.8 Å². The first-order chi connectivity index (χ1) is 8.62. The minimum Gasteiger partial charge on any atom is -0.212 e. The Bertz CT molecular complexity index is 466. The number of nitrogens with zero attached hydrogens (tertiary/aromatic N) is 1. The van der Waals surface area contributed by atoms with Crippen LogP contribution >= 0.6 is 0 Å². The molecule has 0 amide bonds. The third-order valence-electron chi connectivity index (χ3n) is 3.22. The SMILES string of the molecule is CCCN(CC1CC1)S(=O)(=O)Cc1ccccc1. The molecule has 1 aliphatic carbocycles. The second kappa shape index (κ2) is 5.85. The van der Waals surface area contributed by atoms with Crippen LogP contribution in [0.5, 0.6) is 0 Å². The summed E-state index contributed by atoms with van der Waals surface area (Å²) in [5.74, 6) is 0.725. The summed E-state index contributed by atoms with van der Waals surface area (Å²) in [7, 11) is -3.16. The van der Waals surface area contributed by atoms with E-state index in [1.54, 1.807) is 4.31 Å². The Morgan fingerprint density at radius 1 is 1.22 bits per heavy atom. The Balaban J connectivity index is 2.06. The Hall–Kier alpha value is -0.870. The first-order valence-electron chi connectivity index (χ1n) is 6.63. The van der Waals surface area contributed by atoms with Crippen molar-refractivity contribution in [2.24, 2.45) is 5.92 Å². The average Bonchev–Trinajstić information content (AvgIpc) is 3.13. The third-order valence-corrected chi connectivity index (χ3v) is 5.03. The molecule has 0 bridgehead atoms. The third kappa shape index (κ3) is 3.82. The average molecular weight is 267 g/mol. The van der Waals surface area contributed by atoms with Crippen LogP contribution in [0.1, 0.15) is 31.7 Å². The van der Waals surface area contributed by atoms with Crippen molar-refractivity contribution in [3.05, 3.63) is 35.9 Å². The number of rotatable bonds is 7. The van der Waals surface area contributed by atoms with Gasteiger partial charge in [-0.1, -0.05) is 37.3 Å². The molecule has 4 heteroatoms. The summed E-state index contributed by atoms with van der Waals surface area (Å²) in [6, 6.07) is 9.42. The molecule has 1 aromatic rings. The minimum atomic E-state index is -3.16. The van der Waals surface area contributed by atoms with Crippen molar-refractivity contribution in [1.29, 1.82) is 0 Å². The molecule has 1 saturated carbocycles. The maximum atomic E-state index is 12.4. The molecule has 1 fully saturated rings. The molecule has 0 unspecified atom stereocenters. The first-order valence-corrected chi connectivity index (χ1v) is 8.24. The van der Waals surface area contributed by atoms with Gasteiger partial charge in [-0.2, -0.15) is 0 Å². The summed E-state index contributed by atoms with van der Waals surface area (Å²) < 4.78 is 26.4. The van der Waals surface area contributed by atoms with Gasteiger partial charge in [-0.3, -0.25) is 0 Å². The van der Waals surface area contributed by atoms with Crippen molar-refractivity contribution >= 4 is 10.0 Å². The molecule has 1 aromatic carbocycles. The van der Waals surface area contributed by atoms with Crippen LogP contribution in [0, 0.1) is 5.92 Å². The molecule has 0 heterocycles. The van der Waals surface area contributed by atoms with Crippen molar-refractivity contribution in [2.75, 3.05) is 13.1 Å². The predicted molar refractivity (Wildman–Crippen MR) is 73.7 cm³/mol. The van der Waals surface area contributed by atoms with Crippen LogP contribution in [-0.4, -0.2) is 25.8 Å². The van der Waals surface area contributed by atoms with Gasteiger partial charge >= 0.3 is 0 Å². The zero-order valence-electron chi connectivity index (χ0n) is 10.9. The van der Waals surface area contributed by atoms with E-state index < -0.39 is 10.0 Å². The van der Waals surface area contributed by atoms with E-state index in [0.717, 1.165) is 12.0 Å². The number of sulfonamides is 1. The highest BCUT2D eigenvalue weighted by Gasteiger charge is 2.30. The lowest BCUT2D eigenvalue weighted by molar-refractivity contribution is 0.395. The maximum Gasteiger partial charge on any atom is 0.218 e. The highest BCUT2D eigenvalue weighted by atomic mass is 32.2. The fourth-order valence-corrected chi connectivity index (χ4v) is 3.75. The molecule has 100 valence electrons. The number of hydrogen-bond acceptors (Lipinski definition) is 2. The molecular weight excluding hydrogens is 246 g/mol. The minimum absolute atomic E-state index is 0.126. The van der Waals surface area contributed by atoms with E-state index in [1.165, 1.54) is 12.8 Å². The van der Waals surface area contributed by atoms with E-state index in [1.807, 2.05) is 37.3 Å². The summed E-state index contributed by atoms with van der Waals surface area (Å²) in [6.07, 6.45) is 3.24. The molecular formula is C14H21NO2S. The van der Waals surface area contributed by atoms with Crippen LogP contribution in [0.15, 0.2) is 30.3 Å². The standard InChI is InChI=1S/C14H21NO2S/c1-2-10-15(11-13-8-9-13)18(16,17)12-14-6-4-3-5-7-14/h3-7,13H,2,8-12H2,1H3. The van der Waals surface area contributed by atoms with Gasteiger partial charge in [0.05, 0.1) is 5.75 Å². The van der Waals surface area contributed by atoms with E-state index in [9.17, 15) is 8.42 Å². The van der Waals surface area contributed by atoms with Gasteiger partial charge in [0.1, 0.15) is 0 Å². The highest BCUT2D eigenvalue weighted by Crippen LogP contribution is 2.31. The van der Waals surface area contributed by atoms with E-state index in [2.05, 4.69) is 0 Å². The van der Waals surface area contributed by atoms with Crippen LogP contribution in [0.25, 0.3) is 0 Å². The van der Waals surface area contributed by atoms with Gasteiger partial charge in [-0.15, -0.1) is 0 Å². The van der Waals surface area contributed by atoms with Gasteiger partial charge in [-0.05, 0) is 30.7 Å². The van der Waals surface area contributed by atoms with Crippen molar-refractivity contribution in [1.82, 2.24) is 4.31 Å². The first kappa shape index (κ1) is 13.6. The van der Waals surface area contributed by atoms with Crippen molar-refractivity contribution < 1.29 is 8.42 Å². The van der Waals surface area contributed by atoms with Crippen molar-refractivity contribution in [3.63, 3.8) is 0 Å². The van der Waals surface area contributed by atoms with Crippen LogP contribution < -0.4 is 0 Å². The summed E-state index contributed by atoms with van der Waals surface area (Å²) >= 11 is 0. The second-order valence-corrected chi connectivity index (χ2v) is 7.01. The fourth-order valence-electron chi connectivity index (χ4n) is 2.06. The lowest BCUT2D eigenvalue weighted by Gasteiger charge is -2.21.